The van der Waals surface area contributed by atoms with Gasteiger partial charge < -0.3 is 10.6 Å². The van der Waals surface area contributed by atoms with E-state index in [0.29, 0.717) is 16.9 Å². The third kappa shape index (κ3) is 3.70. The second-order valence-corrected chi connectivity index (χ2v) is 5.64. The molecular formula is C20H17N3O3. The molecule has 0 aliphatic heterocycles. The van der Waals surface area contributed by atoms with E-state index in [1.54, 1.807) is 19.2 Å². The average molecular weight is 347 g/mol. The number of nitrogens with one attached hydrogen (secondary N) is 2. The summed E-state index contributed by atoms with van der Waals surface area (Å²) < 4.78 is 0. The third-order valence-electron chi connectivity index (χ3n) is 3.99. The van der Waals surface area contributed by atoms with Crippen LogP contribution in [-0.4, -0.2) is 17.8 Å². The number of hydrogen-bond acceptors (Lipinski definition) is 5. The van der Waals surface area contributed by atoms with Crippen LogP contribution in [0.3, 0.4) is 0 Å². The van der Waals surface area contributed by atoms with E-state index in [1.807, 2.05) is 36.4 Å². The Balaban J connectivity index is 1.75. The van der Waals surface area contributed by atoms with Gasteiger partial charge in [-0.1, -0.05) is 36.4 Å². The number of anilines is 2. The topological polar surface area (TPSA) is 84.3 Å². The molecule has 0 unspecified atom stereocenters. The van der Waals surface area contributed by atoms with Crippen molar-refractivity contribution in [3.63, 3.8) is 0 Å². The molecule has 130 valence electrons. The largest absolute Gasteiger partial charge is 0.386 e. The van der Waals surface area contributed by atoms with Crippen LogP contribution in [0.15, 0.2) is 72.9 Å². The van der Waals surface area contributed by atoms with E-state index in [9.17, 15) is 14.9 Å². The first-order valence-electron chi connectivity index (χ1n) is 8.01. The number of carbonyl (C=O) groups is 1. The summed E-state index contributed by atoms with van der Waals surface area (Å²) in [6, 6.07) is 17.8. The predicted molar refractivity (Wildman–Crippen MR) is 104 cm³/mol. The van der Waals surface area contributed by atoms with Crippen LogP contribution in [0.2, 0.25) is 0 Å². The molecule has 26 heavy (non-hydrogen) atoms. The van der Waals surface area contributed by atoms with Gasteiger partial charge in [0.15, 0.2) is 5.78 Å². The van der Waals surface area contributed by atoms with Crippen molar-refractivity contribution >= 4 is 33.6 Å². The van der Waals surface area contributed by atoms with Gasteiger partial charge in [0.2, 0.25) is 0 Å². The average Bonchev–Trinajstić information content (AvgIpc) is 2.67. The van der Waals surface area contributed by atoms with E-state index in [1.165, 1.54) is 24.4 Å². The first kappa shape index (κ1) is 17.2. The molecule has 0 saturated carbocycles. The van der Waals surface area contributed by atoms with Crippen molar-refractivity contribution in [1.82, 2.24) is 0 Å². The maximum absolute atomic E-state index is 12.3. The van der Waals surface area contributed by atoms with Crippen LogP contribution in [0.4, 0.5) is 17.1 Å². The minimum absolute atomic E-state index is 0.00359. The standard InChI is InChI=1S/C20H17N3O3/c1-21-19-13-17(23(25)26)8-9-18(19)22-11-10-20(24)16-7-6-14-4-2-3-5-15(14)12-16/h2-13,21-22H,1H3/b11-10-. The second kappa shape index (κ2) is 7.48. The van der Waals surface area contributed by atoms with E-state index in [0.717, 1.165) is 10.8 Å². The summed E-state index contributed by atoms with van der Waals surface area (Å²) in [5.41, 5.74) is 1.80. The SMILES string of the molecule is CNc1cc([N+](=O)[O-])ccc1N/C=C\C(=O)c1ccc2ccccc2c1. The lowest BCUT2D eigenvalue weighted by atomic mass is 10.0. The minimum Gasteiger partial charge on any atom is -0.386 e. The summed E-state index contributed by atoms with van der Waals surface area (Å²) in [4.78, 5) is 22.7. The summed E-state index contributed by atoms with van der Waals surface area (Å²) in [5.74, 6) is -0.129. The summed E-state index contributed by atoms with van der Waals surface area (Å²) in [7, 11) is 1.67. The number of nitro benzene ring substituents is 1. The van der Waals surface area contributed by atoms with Crippen molar-refractivity contribution in [2.75, 3.05) is 17.7 Å². The number of nitro groups is 1. The molecule has 0 saturated heterocycles. The van der Waals surface area contributed by atoms with Gasteiger partial charge in [0.25, 0.3) is 5.69 Å². The van der Waals surface area contributed by atoms with Crippen molar-refractivity contribution in [3.8, 4) is 0 Å². The molecule has 0 atom stereocenters. The Hall–Kier alpha value is -3.67. The second-order valence-electron chi connectivity index (χ2n) is 5.64. The number of nitrogens with zero attached hydrogens (tertiary/aromatic N) is 1. The molecule has 0 spiro atoms. The van der Waals surface area contributed by atoms with Gasteiger partial charge in [0.1, 0.15) is 0 Å². The van der Waals surface area contributed by atoms with Gasteiger partial charge >= 0.3 is 0 Å². The van der Waals surface area contributed by atoms with E-state index in [4.69, 9.17) is 0 Å². The van der Waals surface area contributed by atoms with Crippen molar-refractivity contribution in [1.29, 1.82) is 0 Å². The first-order valence-corrected chi connectivity index (χ1v) is 8.01. The number of hydrogen-bond donors (Lipinski definition) is 2. The molecule has 6 nitrogen and oxygen atoms in total. The summed E-state index contributed by atoms with van der Waals surface area (Å²) in [6.45, 7) is 0. The Morgan fingerprint density at radius 2 is 1.77 bits per heavy atom. The van der Waals surface area contributed by atoms with E-state index in [-0.39, 0.29) is 11.5 Å². The van der Waals surface area contributed by atoms with Crippen LogP contribution >= 0.6 is 0 Å². The van der Waals surface area contributed by atoms with Crippen molar-refractivity contribution in [3.05, 3.63) is 88.6 Å². The van der Waals surface area contributed by atoms with Crippen LogP contribution in [-0.2, 0) is 0 Å². The highest BCUT2D eigenvalue weighted by Crippen LogP contribution is 2.26. The highest BCUT2D eigenvalue weighted by atomic mass is 16.6. The van der Waals surface area contributed by atoms with Gasteiger partial charge in [-0.3, -0.25) is 14.9 Å². The fraction of sp³-hybridized carbons (Fsp3) is 0.0500. The van der Waals surface area contributed by atoms with Crippen molar-refractivity contribution in [2.24, 2.45) is 0 Å². The zero-order chi connectivity index (χ0) is 18.5. The number of fused-ring (bicyclic) bond motifs is 1. The molecule has 0 bridgehead atoms. The zero-order valence-electron chi connectivity index (χ0n) is 14.1. The molecule has 0 aliphatic rings. The van der Waals surface area contributed by atoms with Gasteiger partial charge in [0, 0.05) is 37.0 Å². The number of ketones is 1. The van der Waals surface area contributed by atoms with Crippen molar-refractivity contribution < 1.29 is 9.72 Å². The van der Waals surface area contributed by atoms with Crippen LogP contribution in [0.25, 0.3) is 10.8 Å². The van der Waals surface area contributed by atoms with Crippen LogP contribution < -0.4 is 10.6 Å². The summed E-state index contributed by atoms with van der Waals surface area (Å²) >= 11 is 0. The van der Waals surface area contributed by atoms with Crippen LogP contribution in [0, 0.1) is 10.1 Å². The Bertz CT molecular complexity index is 1010. The highest BCUT2D eigenvalue weighted by molar-refractivity contribution is 6.06. The van der Waals surface area contributed by atoms with Gasteiger partial charge in [-0.25, -0.2) is 0 Å². The molecule has 3 rings (SSSR count). The third-order valence-corrected chi connectivity index (χ3v) is 3.99. The normalized spacial score (nSPS) is 10.8. The van der Waals surface area contributed by atoms with Crippen LogP contribution in [0.5, 0.6) is 0 Å². The lowest BCUT2D eigenvalue weighted by Gasteiger charge is -2.08. The lowest BCUT2D eigenvalue weighted by molar-refractivity contribution is -0.384. The molecule has 0 aliphatic carbocycles. The highest BCUT2D eigenvalue weighted by Gasteiger charge is 2.09. The Morgan fingerprint density at radius 3 is 2.50 bits per heavy atom. The summed E-state index contributed by atoms with van der Waals surface area (Å²) in [5, 5.41) is 18.8. The molecular weight excluding hydrogens is 330 g/mol. The molecule has 0 amide bonds. The van der Waals surface area contributed by atoms with E-state index in [2.05, 4.69) is 10.6 Å². The molecule has 0 heterocycles. The number of benzene rings is 3. The number of non-ortho nitro benzene ring substituents is 1. The van der Waals surface area contributed by atoms with E-state index < -0.39 is 4.92 Å². The molecule has 3 aromatic rings. The molecule has 0 aromatic heterocycles. The number of rotatable bonds is 6. The monoisotopic (exact) mass is 347 g/mol. The van der Waals surface area contributed by atoms with Gasteiger partial charge in [-0.05, 0) is 22.9 Å². The minimum atomic E-state index is -0.455. The molecule has 0 radical (unpaired) electrons. The quantitative estimate of drug-likeness (QED) is 0.295. The Kier molecular flexibility index (Phi) is 4.94. The number of carbonyl (C=O) groups excluding carboxylic acids is 1. The number of allylic oxidation sites excluding steroid dienone is 1. The lowest BCUT2D eigenvalue weighted by Crippen LogP contribution is -1.99. The van der Waals surface area contributed by atoms with Gasteiger partial charge in [0.05, 0.1) is 16.3 Å². The van der Waals surface area contributed by atoms with Crippen LogP contribution in [0.1, 0.15) is 10.4 Å². The molecule has 6 heteroatoms. The van der Waals surface area contributed by atoms with Gasteiger partial charge in [-0.15, -0.1) is 0 Å². The van der Waals surface area contributed by atoms with Crippen molar-refractivity contribution in [2.45, 2.75) is 0 Å². The Morgan fingerprint density at radius 1 is 1.00 bits per heavy atom. The predicted octanol–water partition coefficient (Wildman–Crippen LogP) is 4.60. The van der Waals surface area contributed by atoms with Gasteiger partial charge in [-0.2, -0.15) is 0 Å². The fourth-order valence-corrected chi connectivity index (χ4v) is 2.62. The molecule has 0 fully saturated rings. The van der Waals surface area contributed by atoms with E-state index >= 15 is 0 Å². The molecule has 3 aromatic carbocycles. The Labute approximate surface area is 150 Å². The maximum atomic E-state index is 12.3. The maximum Gasteiger partial charge on any atom is 0.271 e. The summed E-state index contributed by atoms with van der Waals surface area (Å²) in [6.07, 6.45) is 2.96. The fourth-order valence-electron chi connectivity index (χ4n) is 2.62. The smallest absolute Gasteiger partial charge is 0.271 e. The molecule has 2 N–H and O–H groups in total. The zero-order valence-corrected chi connectivity index (χ0v) is 14.1. The first-order chi connectivity index (χ1) is 12.6.